The number of nitrogens with zero attached hydrogens (tertiary/aromatic N) is 2. The monoisotopic (exact) mass is 351 g/mol. The van der Waals surface area contributed by atoms with Crippen molar-refractivity contribution in [1.82, 2.24) is 10.3 Å². The topological polar surface area (TPSA) is 77.3 Å². The molecule has 6 nitrogen and oxygen atoms in total. The van der Waals surface area contributed by atoms with E-state index < -0.39 is 0 Å². The maximum atomic E-state index is 12.3. The van der Waals surface area contributed by atoms with Gasteiger partial charge in [0.1, 0.15) is 5.75 Å². The number of carbonyl (C=O) groups excluding carboxylic acids is 1. The molecule has 0 saturated carbocycles. The zero-order valence-electron chi connectivity index (χ0n) is 15.3. The summed E-state index contributed by atoms with van der Waals surface area (Å²) >= 11 is 0. The summed E-state index contributed by atoms with van der Waals surface area (Å²) in [5.74, 6) is 0.677. The number of carbonyl (C=O) groups is 1. The SMILES string of the molecule is Cc1ccc(-c2nonc2NC(=O)COc2c(C)cc(C)cc2C)cc1. The lowest BCUT2D eigenvalue weighted by Gasteiger charge is -2.12. The molecule has 1 aromatic heterocycles. The van der Waals surface area contributed by atoms with E-state index in [9.17, 15) is 4.79 Å². The van der Waals surface area contributed by atoms with Gasteiger partial charge in [0, 0.05) is 5.56 Å². The lowest BCUT2D eigenvalue weighted by atomic mass is 10.1. The average molecular weight is 351 g/mol. The Kier molecular flexibility index (Phi) is 5.02. The lowest BCUT2D eigenvalue weighted by Crippen LogP contribution is -2.21. The molecule has 1 amide bonds. The Morgan fingerprint density at radius 2 is 1.65 bits per heavy atom. The molecule has 1 N–H and O–H groups in total. The fourth-order valence-electron chi connectivity index (χ4n) is 2.87. The summed E-state index contributed by atoms with van der Waals surface area (Å²) in [5.41, 5.74) is 5.60. The summed E-state index contributed by atoms with van der Waals surface area (Å²) in [4.78, 5) is 12.3. The minimum Gasteiger partial charge on any atom is -0.483 e. The van der Waals surface area contributed by atoms with Gasteiger partial charge >= 0.3 is 0 Å². The third-order valence-electron chi connectivity index (χ3n) is 4.02. The molecule has 0 radical (unpaired) electrons. The summed E-state index contributed by atoms with van der Waals surface area (Å²) in [6.45, 7) is 7.83. The van der Waals surface area contributed by atoms with Gasteiger partial charge < -0.3 is 10.1 Å². The molecule has 3 rings (SSSR count). The molecule has 1 heterocycles. The van der Waals surface area contributed by atoms with Crippen molar-refractivity contribution in [3.05, 3.63) is 58.7 Å². The Morgan fingerprint density at radius 3 is 2.31 bits per heavy atom. The summed E-state index contributed by atoms with van der Waals surface area (Å²) in [7, 11) is 0. The molecule has 0 unspecified atom stereocenters. The fraction of sp³-hybridized carbons (Fsp3) is 0.250. The van der Waals surface area contributed by atoms with Gasteiger partial charge in [-0.15, -0.1) is 0 Å². The molecule has 0 fully saturated rings. The smallest absolute Gasteiger partial charge is 0.263 e. The van der Waals surface area contributed by atoms with E-state index in [4.69, 9.17) is 9.37 Å². The third kappa shape index (κ3) is 3.91. The Hall–Kier alpha value is -3.15. The Morgan fingerprint density at radius 1 is 1.00 bits per heavy atom. The van der Waals surface area contributed by atoms with Crippen molar-refractivity contribution in [2.45, 2.75) is 27.7 Å². The van der Waals surface area contributed by atoms with Crippen LogP contribution in [0.3, 0.4) is 0 Å². The Labute approximate surface area is 152 Å². The highest BCUT2D eigenvalue weighted by Gasteiger charge is 2.16. The molecule has 0 bridgehead atoms. The number of rotatable bonds is 5. The van der Waals surface area contributed by atoms with Gasteiger partial charge in [-0.3, -0.25) is 4.79 Å². The number of nitrogens with one attached hydrogen (secondary N) is 1. The molecule has 0 saturated heterocycles. The van der Waals surface area contributed by atoms with Gasteiger partial charge in [-0.2, -0.15) is 0 Å². The van der Waals surface area contributed by atoms with Gasteiger partial charge in [0.15, 0.2) is 12.3 Å². The number of benzene rings is 2. The first-order valence-corrected chi connectivity index (χ1v) is 8.34. The molecule has 26 heavy (non-hydrogen) atoms. The second-order valence-corrected chi connectivity index (χ2v) is 6.39. The largest absolute Gasteiger partial charge is 0.483 e. The maximum Gasteiger partial charge on any atom is 0.263 e. The van der Waals surface area contributed by atoms with Crippen molar-refractivity contribution < 1.29 is 14.2 Å². The quantitative estimate of drug-likeness (QED) is 0.752. The Bertz CT molecular complexity index is 907. The molecular weight excluding hydrogens is 330 g/mol. The van der Waals surface area contributed by atoms with Gasteiger partial charge in [0.05, 0.1) is 0 Å². The number of ether oxygens (including phenoxy) is 1. The van der Waals surface area contributed by atoms with Crippen LogP contribution in [0.15, 0.2) is 41.0 Å². The molecule has 2 aromatic carbocycles. The molecule has 0 aliphatic carbocycles. The van der Waals surface area contributed by atoms with Crippen molar-refractivity contribution in [3.8, 4) is 17.0 Å². The molecule has 0 aliphatic heterocycles. The van der Waals surface area contributed by atoms with Crippen LogP contribution in [0.25, 0.3) is 11.3 Å². The van der Waals surface area contributed by atoms with Crippen LogP contribution in [0.5, 0.6) is 5.75 Å². The molecule has 134 valence electrons. The standard InChI is InChI=1S/C20H21N3O3/c1-12-5-7-16(8-6-12)18-20(23-26-22-18)21-17(24)11-25-19-14(3)9-13(2)10-15(19)4/h5-10H,11H2,1-4H3,(H,21,23,24). The second kappa shape index (κ2) is 7.39. The van der Waals surface area contributed by atoms with Crippen LogP contribution in [0, 0.1) is 27.7 Å². The number of anilines is 1. The predicted molar refractivity (Wildman–Crippen MR) is 99.2 cm³/mol. The van der Waals surface area contributed by atoms with Crippen molar-refractivity contribution in [3.63, 3.8) is 0 Å². The highest BCUT2D eigenvalue weighted by molar-refractivity contribution is 5.94. The summed E-state index contributed by atoms with van der Waals surface area (Å²) in [6, 6.07) is 11.8. The van der Waals surface area contributed by atoms with E-state index >= 15 is 0 Å². The molecule has 6 heteroatoms. The van der Waals surface area contributed by atoms with E-state index in [2.05, 4.69) is 15.6 Å². The van der Waals surface area contributed by atoms with E-state index in [-0.39, 0.29) is 18.3 Å². The number of aryl methyl sites for hydroxylation is 4. The second-order valence-electron chi connectivity index (χ2n) is 6.39. The fourth-order valence-corrected chi connectivity index (χ4v) is 2.87. The van der Waals surface area contributed by atoms with E-state index in [1.54, 1.807) is 0 Å². The minimum absolute atomic E-state index is 0.120. The van der Waals surface area contributed by atoms with Crippen molar-refractivity contribution in [2.75, 3.05) is 11.9 Å². The zero-order chi connectivity index (χ0) is 18.7. The van der Waals surface area contributed by atoms with E-state index in [1.165, 1.54) is 0 Å². The van der Waals surface area contributed by atoms with Crippen LogP contribution < -0.4 is 10.1 Å². The van der Waals surface area contributed by atoms with Crippen LogP contribution >= 0.6 is 0 Å². The number of aromatic nitrogens is 2. The van der Waals surface area contributed by atoms with Crippen molar-refractivity contribution >= 4 is 11.7 Å². The van der Waals surface area contributed by atoms with E-state index in [0.717, 1.165) is 33.6 Å². The average Bonchev–Trinajstić information content (AvgIpc) is 3.02. The zero-order valence-corrected chi connectivity index (χ0v) is 15.3. The highest BCUT2D eigenvalue weighted by Crippen LogP contribution is 2.26. The van der Waals surface area contributed by atoms with Crippen molar-refractivity contribution in [2.24, 2.45) is 0 Å². The first kappa shape index (κ1) is 17.7. The van der Waals surface area contributed by atoms with Crippen LogP contribution in [0.1, 0.15) is 22.3 Å². The van der Waals surface area contributed by atoms with Crippen LogP contribution in [-0.4, -0.2) is 22.8 Å². The molecule has 3 aromatic rings. The lowest BCUT2D eigenvalue weighted by molar-refractivity contribution is -0.118. The molecule has 0 aliphatic rings. The molecule has 0 spiro atoms. The number of hydrogen-bond acceptors (Lipinski definition) is 5. The molecule has 0 atom stereocenters. The summed E-state index contributed by atoms with van der Waals surface area (Å²) in [5, 5.41) is 10.4. The number of amides is 1. The number of hydrogen-bond donors (Lipinski definition) is 1. The van der Waals surface area contributed by atoms with E-state index in [0.29, 0.717) is 5.69 Å². The third-order valence-corrected chi connectivity index (χ3v) is 4.02. The predicted octanol–water partition coefficient (Wildman–Crippen LogP) is 3.99. The van der Waals surface area contributed by atoms with Crippen LogP contribution in [0.2, 0.25) is 0 Å². The van der Waals surface area contributed by atoms with Gasteiger partial charge in [-0.25, -0.2) is 4.63 Å². The Balaban J connectivity index is 1.68. The first-order valence-electron chi connectivity index (χ1n) is 8.34. The normalized spacial score (nSPS) is 10.6. The molecular formula is C20H21N3O3. The van der Waals surface area contributed by atoms with Gasteiger partial charge in [-0.05, 0) is 49.1 Å². The van der Waals surface area contributed by atoms with Gasteiger partial charge in [-0.1, -0.05) is 47.5 Å². The maximum absolute atomic E-state index is 12.3. The van der Waals surface area contributed by atoms with Crippen LogP contribution in [0.4, 0.5) is 5.82 Å². The first-order chi connectivity index (χ1) is 12.4. The van der Waals surface area contributed by atoms with Crippen LogP contribution in [-0.2, 0) is 4.79 Å². The van der Waals surface area contributed by atoms with Gasteiger partial charge in [0.2, 0.25) is 5.82 Å². The minimum atomic E-state index is -0.326. The van der Waals surface area contributed by atoms with E-state index in [1.807, 2.05) is 64.1 Å². The summed E-state index contributed by atoms with van der Waals surface area (Å²) < 4.78 is 10.5. The van der Waals surface area contributed by atoms with Gasteiger partial charge in [0.25, 0.3) is 5.91 Å². The summed E-state index contributed by atoms with van der Waals surface area (Å²) in [6.07, 6.45) is 0. The van der Waals surface area contributed by atoms with Crippen molar-refractivity contribution in [1.29, 1.82) is 0 Å². The highest BCUT2D eigenvalue weighted by atomic mass is 16.6.